The van der Waals surface area contributed by atoms with Gasteiger partial charge in [0.1, 0.15) is 25.4 Å². The first kappa shape index (κ1) is 72.9. The number of H-pyrrole nitrogens is 2. The van der Waals surface area contributed by atoms with Crippen LogP contribution in [0, 0.1) is 0 Å². The van der Waals surface area contributed by atoms with Crippen molar-refractivity contribution in [2.75, 3.05) is 61.8 Å². The predicted molar refractivity (Wildman–Crippen MR) is 339 cm³/mol. The number of hydrogen-bond acceptors (Lipinski definition) is 18. The summed E-state index contributed by atoms with van der Waals surface area (Å²) in [7, 11) is -8.70. The summed E-state index contributed by atoms with van der Waals surface area (Å²) < 4.78 is 79.9. The summed E-state index contributed by atoms with van der Waals surface area (Å²) >= 11 is 0. The quantitative estimate of drug-likeness (QED) is 0.0288. The molecule has 0 aliphatic carbocycles. The fraction of sp³-hybridized carbons (Fsp3) is 0.362. The Balaban J connectivity index is 0.000000312. The normalized spacial score (nSPS) is 13.1. The van der Waals surface area contributed by atoms with Crippen molar-refractivity contribution in [1.29, 1.82) is 0 Å². The number of aromatic amines is 2. The van der Waals surface area contributed by atoms with Crippen LogP contribution in [-0.2, 0) is 77.2 Å². The Bertz CT molecular complexity index is 3470. The number of aromatic nitrogens is 4. The summed E-state index contributed by atoms with van der Waals surface area (Å²) in [5, 5.41) is 9.10. The highest BCUT2D eigenvalue weighted by molar-refractivity contribution is 7.71. The highest BCUT2D eigenvalue weighted by atomic mass is 31.2. The third-order valence-electron chi connectivity index (χ3n) is 13.5. The lowest BCUT2D eigenvalue weighted by Crippen LogP contribution is -2.67. The molecule has 6 rings (SSSR count). The molecule has 472 valence electrons. The monoisotopic (exact) mass is 1300 g/mol. The van der Waals surface area contributed by atoms with Gasteiger partial charge in [-0.05, 0) is 30.8 Å². The van der Waals surface area contributed by atoms with Crippen molar-refractivity contribution in [3.63, 3.8) is 0 Å². The number of aldehydes is 1. The highest BCUT2D eigenvalue weighted by Crippen LogP contribution is 2.62. The predicted octanol–water partition coefficient (Wildman–Crippen LogP) is 5.31. The van der Waals surface area contributed by atoms with Gasteiger partial charge in [-0.3, -0.25) is 52.0 Å². The van der Waals surface area contributed by atoms with Gasteiger partial charge in [0, 0.05) is 73.0 Å². The lowest BCUT2D eigenvalue weighted by molar-refractivity contribution is -0.125. The van der Waals surface area contributed by atoms with Crippen LogP contribution in [0.2, 0.25) is 10.1 Å². The van der Waals surface area contributed by atoms with Crippen molar-refractivity contribution in [2.24, 2.45) is 0 Å². The number of carbonyl (C=O) groups excluding carboxylic acids is 3. The molecule has 4 N–H and O–H groups in total. The first-order chi connectivity index (χ1) is 41.1. The fourth-order valence-electron chi connectivity index (χ4n) is 9.16. The van der Waals surface area contributed by atoms with Crippen LogP contribution >= 0.6 is 22.8 Å². The van der Waals surface area contributed by atoms with E-state index < -0.39 is 85.8 Å². The van der Waals surface area contributed by atoms with Gasteiger partial charge in [-0.15, -0.1) is 0 Å². The van der Waals surface area contributed by atoms with Crippen LogP contribution in [0.3, 0.4) is 0 Å². The summed E-state index contributed by atoms with van der Waals surface area (Å²) in [6.45, 7) is 12.1. The first-order valence-corrected chi connectivity index (χ1v) is 35.9. The zero-order valence-corrected chi connectivity index (χ0v) is 55.5. The van der Waals surface area contributed by atoms with E-state index in [-0.39, 0.29) is 42.3 Å². The van der Waals surface area contributed by atoms with Gasteiger partial charge in [-0.25, -0.2) is 9.59 Å². The molecular formula is C58H79N6O18P3Si2. The molecule has 2 heterocycles. The van der Waals surface area contributed by atoms with Crippen molar-refractivity contribution >= 4 is 78.3 Å². The molecule has 6 aromatic rings. The summed E-state index contributed by atoms with van der Waals surface area (Å²) in [6, 6.07) is 40.6. The SMILES string of the molecule is CC(C)(C)[Si](OCC(C=O)NC(=O)Cn1ccc(=O)[nH]c1=O)(c1ccccc1)c1ccccc1.COP(=O)(/C=C/C(CO[Si](c1ccccc1)(c1ccccc1)C(C)(C)C)NC(=O)Cn1ccc(=O)[nH]c1=O)OC.COP(=O)(CP(=O)(OC)OC)OC. The van der Waals surface area contributed by atoms with Crippen molar-refractivity contribution in [3.05, 3.63) is 199 Å². The molecule has 87 heavy (non-hydrogen) atoms. The molecule has 2 amide bonds. The summed E-state index contributed by atoms with van der Waals surface area (Å²) in [5.41, 5.74) is -2.52. The van der Waals surface area contributed by atoms with Crippen molar-refractivity contribution < 1.29 is 64.1 Å². The van der Waals surface area contributed by atoms with Gasteiger partial charge in [0.25, 0.3) is 27.8 Å². The molecule has 0 bridgehead atoms. The van der Waals surface area contributed by atoms with Crippen LogP contribution in [0.4, 0.5) is 0 Å². The maximum absolute atomic E-state index is 13.0. The Kier molecular flexibility index (Phi) is 27.7. The number of amides is 2. The van der Waals surface area contributed by atoms with E-state index in [0.717, 1.165) is 42.0 Å². The molecule has 0 fully saturated rings. The van der Waals surface area contributed by atoms with Gasteiger partial charge >= 0.3 is 34.2 Å². The van der Waals surface area contributed by atoms with E-state index in [1.165, 1.54) is 66.9 Å². The van der Waals surface area contributed by atoms with Crippen LogP contribution in [0.5, 0.6) is 0 Å². The Morgan fingerprint density at radius 1 is 0.506 bits per heavy atom. The zero-order valence-electron chi connectivity index (χ0n) is 50.9. The Hall–Kier alpha value is -6.61. The molecule has 2 atom stereocenters. The van der Waals surface area contributed by atoms with Crippen LogP contribution < -0.4 is 53.9 Å². The molecule has 0 saturated carbocycles. The molecular weight excluding hydrogens is 1220 g/mol. The molecule has 0 spiro atoms. The number of carbonyl (C=O) groups is 3. The minimum absolute atomic E-state index is 0.0248. The van der Waals surface area contributed by atoms with Crippen molar-refractivity contribution in [1.82, 2.24) is 29.7 Å². The second-order valence-electron chi connectivity index (χ2n) is 21.2. The summed E-state index contributed by atoms with van der Waals surface area (Å²) in [4.78, 5) is 88.2. The average molecular weight is 1300 g/mol. The minimum atomic E-state index is -3.54. The number of rotatable bonds is 27. The van der Waals surface area contributed by atoms with Crippen molar-refractivity contribution in [2.45, 2.75) is 76.8 Å². The number of hydrogen-bond donors (Lipinski definition) is 4. The Morgan fingerprint density at radius 2 is 0.816 bits per heavy atom. The van der Waals surface area contributed by atoms with Gasteiger partial charge in [-0.1, -0.05) is 169 Å². The zero-order chi connectivity index (χ0) is 64.7. The van der Waals surface area contributed by atoms with Crippen LogP contribution in [0.25, 0.3) is 0 Å². The maximum Gasteiger partial charge on any atom is 0.353 e. The molecule has 0 saturated heterocycles. The van der Waals surface area contributed by atoms with Gasteiger partial charge in [-0.2, -0.15) is 0 Å². The Labute approximate surface area is 507 Å². The van der Waals surface area contributed by atoms with E-state index >= 15 is 0 Å². The molecule has 4 aromatic carbocycles. The maximum atomic E-state index is 13.0. The van der Waals surface area contributed by atoms with Gasteiger partial charge < -0.3 is 51.4 Å². The van der Waals surface area contributed by atoms with Crippen molar-refractivity contribution in [3.8, 4) is 0 Å². The van der Waals surface area contributed by atoms with Crippen LogP contribution in [0.1, 0.15) is 41.5 Å². The van der Waals surface area contributed by atoms with Gasteiger partial charge in [0.2, 0.25) is 11.8 Å². The third-order valence-corrected chi connectivity index (χ3v) is 30.1. The largest absolute Gasteiger partial charge is 0.405 e. The van der Waals surface area contributed by atoms with E-state index in [1.54, 1.807) is 0 Å². The number of nitrogens with zero attached hydrogens (tertiary/aromatic N) is 2. The smallest absolute Gasteiger partial charge is 0.353 e. The molecule has 0 radical (unpaired) electrons. The van der Waals surface area contributed by atoms with E-state index in [0.29, 0.717) is 6.29 Å². The minimum Gasteiger partial charge on any atom is -0.405 e. The highest BCUT2D eigenvalue weighted by Gasteiger charge is 2.52. The summed E-state index contributed by atoms with van der Waals surface area (Å²) in [6.07, 6.45) is 4.62. The second-order valence-corrected chi connectivity index (χ2v) is 37.0. The molecule has 0 aliphatic rings. The van der Waals surface area contributed by atoms with E-state index in [2.05, 4.69) is 105 Å². The standard InChI is InChI=1S/C28H36N3O7PSi.C25H29N3O5Si.C5H14O6P2/c1-28(2,3)40(23-12-8-6-9-13-23,24-14-10-7-11-15-24)38-21-22(17-19-39(35,36-4)37-5)29-26(33)20-31-18-16-25(32)30-27(31)34;1-25(2,3)34(20-10-6-4-7-11-20,21-12-8-5-9-13-21)33-18-19(17-29)26-23(31)16-28-15-14-22(30)27-24(28)32;1-8-12(6,9-2)5-13(7,10-3)11-4/h6-19,22H,20-21H2,1-5H3,(H,29,33)(H,30,32,34);4-15,17,19H,16,18H2,1-3H3,(H,26,31)(H,27,30,32);5H2,1-4H3/b19-17+;;. The van der Waals surface area contributed by atoms with E-state index in [1.807, 2.05) is 97.1 Å². The second kappa shape index (κ2) is 33.1. The van der Waals surface area contributed by atoms with Gasteiger partial charge in [0.05, 0.1) is 19.3 Å². The lowest BCUT2D eigenvalue weighted by Gasteiger charge is -2.43. The van der Waals surface area contributed by atoms with E-state index in [4.69, 9.17) is 17.9 Å². The molecule has 29 heteroatoms. The average Bonchev–Trinajstić information content (AvgIpc) is 0.862. The molecule has 24 nitrogen and oxygen atoms in total. The third kappa shape index (κ3) is 20.2. The van der Waals surface area contributed by atoms with Crippen LogP contribution in [0.15, 0.2) is 177 Å². The molecule has 2 unspecified atom stereocenters. The number of benzene rings is 4. The van der Waals surface area contributed by atoms with E-state index in [9.17, 15) is 47.3 Å². The first-order valence-electron chi connectivity index (χ1n) is 27.0. The Morgan fingerprint density at radius 3 is 1.09 bits per heavy atom. The lowest BCUT2D eigenvalue weighted by atomic mass is 10.2. The fourth-order valence-corrected chi connectivity index (χ4v) is 23.0. The van der Waals surface area contributed by atoms with Crippen LogP contribution in [-0.4, -0.2) is 128 Å². The number of nitrogens with one attached hydrogen (secondary N) is 4. The summed E-state index contributed by atoms with van der Waals surface area (Å²) in [5.74, 6) is -0.171. The topological polar surface area (TPSA) is 310 Å². The van der Waals surface area contributed by atoms with Gasteiger partial charge in [0.15, 0.2) is 5.90 Å². The molecule has 0 aliphatic heterocycles. The molecule has 2 aromatic heterocycles.